The third kappa shape index (κ3) is 5.98. The number of benzene rings is 3. The van der Waals surface area contributed by atoms with Gasteiger partial charge in [0.05, 0.1) is 23.4 Å². The van der Waals surface area contributed by atoms with Crippen molar-refractivity contribution in [1.29, 1.82) is 0 Å². The van der Waals surface area contributed by atoms with Crippen LogP contribution in [0, 0.1) is 13.8 Å². The summed E-state index contributed by atoms with van der Waals surface area (Å²) in [5, 5.41) is 4.14. The summed E-state index contributed by atoms with van der Waals surface area (Å²) in [5.41, 5.74) is 6.08. The third-order valence-electron chi connectivity index (χ3n) is 5.04. The van der Waals surface area contributed by atoms with Crippen LogP contribution in [0.3, 0.4) is 0 Å². The van der Waals surface area contributed by atoms with Crippen LogP contribution < -0.4 is 14.5 Å². The third-order valence-corrected chi connectivity index (χ3v) is 6.83. The van der Waals surface area contributed by atoms with Crippen molar-refractivity contribution in [3.05, 3.63) is 89.5 Å². The van der Waals surface area contributed by atoms with Crippen LogP contribution in [0.5, 0.6) is 5.75 Å². The molecule has 0 unspecified atom stereocenters. The number of anilines is 1. The van der Waals surface area contributed by atoms with E-state index in [1.165, 1.54) is 12.1 Å². The van der Waals surface area contributed by atoms with E-state index in [0.29, 0.717) is 17.1 Å². The maximum Gasteiger partial charge on any atom is 0.264 e. The Morgan fingerprint density at radius 1 is 0.970 bits per heavy atom. The van der Waals surface area contributed by atoms with Crippen LogP contribution >= 0.6 is 0 Å². The highest BCUT2D eigenvalue weighted by atomic mass is 32.2. The number of carbonyl (C=O) groups is 1. The molecule has 0 radical (unpaired) electrons. The fourth-order valence-corrected chi connectivity index (χ4v) is 4.56. The number of rotatable bonds is 8. The summed E-state index contributed by atoms with van der Waals surface area (Å²) >= 11 is 0. The fourth-order valence-electron chi connectivity index (χ4n) is 3.14. The van der Waals surface area contributed by atoms with Gasteiger partial charge in [-0.1, -0.05) is 29.8 Å². The van der Waals surface area contributed by atoms with E-state index in [1.807, 2.05) is 32.0 Å². The second kappa shape index (κ2) is 10.3. The molecule has 3 aromatic carbocycles. The number of sulfonamides is 1. The van der Waals surface area contributed by atoms with Crippen molar-refractivity contribution in [3.63, 3.8) is 0 Å². The van der Waals surface area contributed by atoms with Crippen LogP contribution in [0.2, 0.25) is 0 Å². The average Bonchev–Trinajstić information content (AvgIpc) is 2.81. The Labute approximate surface area is 194 Å². The summed E-state index contributed by atoms with van der Waals surface area (Å²) in [6, 6.07) is 20.8. The second-order valence-electron chi connectivity index (χ2n) is 7.62. The molecule has 0 saturated heterocycles. The molecule has 7 nitrogen and oxygen atoms in total. The highest BCUT2D eigenvalue weighted by molar-refractivity contribution is 7.92. The zero-order valence-electron chi connectivity index (χ0n) is 19.1. The molecule has 0 saturated carbocycles. The molecule has 0 heterocycles. The second-order valence-corrected chi connectivity index (χ2v) is 9.49. The van der Waals surface area contributed by atoms with Crippen molar-refractivity contribution < 1.29 is 17.9 Å². The molecule has 0 spiro atoms. The van der Waals surface area contributed by atoms with Gasteiger partial charge in [0.15, 0.2) is 0 Å². The first-order chi connectivity index (χ1) is 15.7. The lowest BCUT2D eigenvalue weighted by molar-refractivity contribution is -0.119. The van der Waals surface area contributed by atoms with Gasteiger partial charge in [0, 0.05) is 0 Å². The van der Waals surface area contributed by atoms with Gasteiger partial charge in [0.25, 0.3) is 15.9 Å². The minimum atomic E-state index is -3.97. The van der Waals surface area contributed by atoms with E-state index in [9.17, 15) is 13.2 Å². The molecule has 8 heteroatoms. The molecule has 3 rings (SSSR count). The number of nitrogens with one attached hydrogen (secondary N) is 1. The predicted octanol–water partition coefficient (Wildman–Crippen LogP) is 4.05. The molecule has 3 aromatic rings. The summed E-state index contributed by atoms with van der Waals surface area (Å²) < 4.78 is 33.1. The molecule has 0 aliphatic rings. The normalized spacial score (nSPS) is 11.7. The lowest BCUT2D eigenvalue weighted by atomic mass is 10.1. The number of methoxy groups -OCH3 is 1. The van der Waals surface area contributed by atoms with E-state index in [-0.39, 0.29) is 4.90 Å². The van der Waals surface area contributed by atoms with Gasteiger partial charge in [-0.15, -0.1) is 0 Å². The average molecular weight is 466 g/mol. The van der Waals surface area contributed by atoms with Crippen molar-refractivity contribution in [2.45, 2.75) is 25.7 Å². The molecule has 0 aromatic heterocycles. The molecule has 0 fully saturated rings. The molecule has 0 atom stereocenters. The Hall–Kier alpha value is -3.65. The number of aryl methyl sites for hydroxylation is 2. The Morgan fingerprint density at radius 2 is 1.64 bits per heavy atom. The Balaban J connectivity index is 1.85. The molecule has 0 bridgehead atoms. The number of hydrogen-bond acceptors (Lipinski definition) is 5. The van der Waals surface area contributed by atoms with Crippen LogP contribution in [0.25, 0.3) is 0 Å². The number of ether oxygens (including phenoxy) is 1. The van der Waals surface area contributed by atoms with Gasteiger partial charge in [0.2, 0.25) is 0 Å². The predicted molar refractivity (Wildman–Crippen MR) is 130 cm³/mol. The monoisotopic (exact) mass is 465 g/mol. The number of hydrazone groups is 1. The first-order valence-corrected chi connectivity index (χ1v) is 11.8. The summed E-state index contributed by atoms with van der Waals surface area (Å²) in [5.74, 6) is 0.158. The topological polar surface area (TPSA) is 88.1 Å². The largest absolute Gasteiger partial charge is 0.497 e. The van der Waals surface area contributed by atoms with Gasteiger partial charge in [0.1, 0.15) is 12.3 Å². The Morgan fingerprint density at radius 3 is 2.24 bits per heavy atom. The smallest absolute Gasteiger partial charge is 0.264 e. The van der Waals surface area contributed by atoms with Gasteiger partial charge in [-0.25, -0.2) is 13.8 Å². The quantitative estimate of drug-likeness (QED) is 0.402. The van der Waals surface area contributed by atoms with Crippen LogP contribution in [0.15, 0.2) is 82.8 Å². The minimum Gasteiger partial charge on any atom is -0.497 e. The number of nitrogens with zero attached hydrogens (tertiary/aromatic N) is 2. The summed E-state index contributed by atoms with van der Waals surface area (Å²) in [6.45, 7) is 5.08. The van der Waals surface area contributed by atoms with Gasteiger partial charge in [-0.2, -0.15) is 5.10 Å². The van der Waals surface area contributed by atoms with Gasteiger partial charge in [-0.3, -0.25) is 9.10 Å². The van der Waals surface area contributed by atoms with Crippen LogP contribution in [-0.4, -0.2) is 33.7 Å². The molecule has 33 heavy (non-hydrogen) atoms. The molecular weight excluding hydrogens is 438 g/mol. The first kappa shape index (κ1) is 24.0. The Bertz CT molecular complexity index is 1250. The zero-order chi connectivity index (χ0) is 24.0. The van der Waals surface area contributed by atoms with Crippen LogP contribution in [-0.2, 0) is 14.8 Å². The van der Waals surface area contributed by atoms with E-state index in [1.54, 1.807) is 56.5 Å². The van der Waals surface area contributed by atoms with E-state index in [4.69, 9.17) is 4.74 Å². The minimum absolute atomic E-state index is 0.111. The molecular formula is C25H27N3O4S. The highest BCUT2D eigenvalue weighted by Crippen LogP contribution is 2.24. The maximum absolute atomic E-state index is 13.4. The molecule has 1 N–H and O–H groups in total. The van der Waals surface area contributed by atoms with E-state index in [2.05, 4.69) is 10.5 Å². The van der Waals surface area contributed by atoms with E-state index >= 15 is 0 Å². The van der Waals surface area contributed by atoms with Crippen molar-refractivity contribution in [1.82, 2.24) is 5.43 Å². The number of hydrogen-bond donors (Lipinski definition) is 1. The lowest BCUT2D eigenvalue weighted by Gasteiger charge is -2.24. The first-order valence-electron chi connectivity index (χ1n) is 10.3. The van der Waals surface area contributed by atoms with Crippen molar-refractivity contribution in [2.24, 2.45) is 5.10 Å². The molecule has 0 aliphatic carbocycles. The lowest BCUT2D eigenvalue weighted by Crippen LogP contribution is -2.39. The van der Waals surface area contributed by atoms with Crippen molar-refractivity contribution in [2.75, 3.05) is 18.0 Å². The summed E-state index contributed by atoms with van der Waals surface area (Å²) in [4.78, 5) is 12.8. The zero-order valence-corrected chi connectivity index (χ0v) is 19.9. The summed E-state index contributed by atoms with van der Waals surface area (Å²) in [6.07, 6.45) is 0. The van der Waals surface area contributed by atoms with E-state index < -0.39 is 22.5 Å². The molecule has 1 amide bonds. The fraction of sp³-hybridized carbons (Fsp3) is 0.200. The number of carbonyl (C=O) groups excluding carboxylic acids is 1. The SMILES string of the molecule is COc1ccc(/C(C)=N\NC(=O)CN(c2cccc(C)c2)S(=O)(=O)c2ccc(C)cc2)cc1. The van der Waals surface area contributed by atoms with Crippen molar-refractivity contribution >= 4 is 27.3 Å². The van der Waals surface area contributed by atoms with Gasteiger partial charge >= 0.3 is 0 Å². The summed E-state index contributed by atoms with van der Waals surface area (Å²) in [7, 11) is -2.39. The van der Waals surface area contributed by atoms with Crippen LogP contribution in [0.4, 0.5) is 5.69 Å². The van der Waals surface area contributed by atoms with Gasteiger partial charge in [-0.05, 0) is 80.4 Å². The van der Waals surface area contributed by atoms with Gasteiger partial charge < -0.3 is 4.74 Å². The standard InChI is InChI=1S/C25H27N3O4S/c1-18-8-14-24(15-9-18)33(30,31)28(22-7-5-6-19(2)16-22)17-25(29)27-26-20(3)21-10-12-23(32-4)13-11-21/h5-16H,17H2,1-4H3,(H,27,29)/b26-20-. The Kier molecular flexibility index (Phi) is 7.50. The highest BCUT2D eigenvalue weighted by Gasteiger charge is 2.27. The van der Waals surface area contributed by atoms with Crippen molar-refractivity contribution in [3.8, 4) is 5.75 Å². The molecule has 172 valence electrons. The maximum atomic E-state index is 13.4. The van der Waals surface area contributed by atoms with Crippen LogP contribution in [0.1, 0.15) is 23.6 Å². The van der Waals surface area contributed by atoms with E-state index in [0.717, 1.165) is 21.0 Å². The molecule has 0 aliphatic heterocycles. The number of amides is 1.